The lowest BCUT2D eigenvalue weighted by atomic mass is 10.2. The van der Waals surface area contributed by atoms with E-state index in [2.05, 4.69) is 10.00 Å². The number of hydrogen-bond acceptors (Lipinski definition) is 6. The van der Waals surface area contributed by atoms with E-state index in [9.17, 15) is 16.8 Å². The summed E-state index contributed by atoms with van der Waals surface area (Å²) >= 11 is 0. The van der Waals surface area contributed by atoms with Crippen molar-refractivity contribution < 1.29 is 16.8 Å². The molecule has 2 aliphatic heterocycles. The van der Waals surface area contributed by atoms with Gasteiger partial charge in [-0.2, -0.15) is 9.40 Å². The van der Waals surface area contributed by atoms with Gasteiger partial charge in [-0.3, -0.25) is 4.68 Å². The smallest absolute Gasteiger partial charge is 0.218 e. The Morgan fingerprint density at radius 2 is 1.73 bits per heavy atom. The number of sulfonamides is 1. The number of piperazine rings is 1. The molecule has 1 aromatic heterocycles. The molecule has 10 heteroatoms. The van der Waals surface area contributed by atoms with Crippen LogP contribution in [-0.4, -0.2) is 68.6 Å². The van der Waals surface area contributed by atoms with Gasteiger partial charge >= 0.3 is 0 Å². The van der Waals surface area contributed by atoms with Gasteiger partial charge in [-0.1, -0.05) is 30.3 Å². The highest BCUT2D eigenvalue weighted by molar-refractivity contribution is 7.91. The van der Waals surface area contributed by atoms with E-state index in [0.717, 1.165) is 22.6 Å². The second-order valence-corrected chi connectivity index (χ2v) is 12.3. The van der Waals surface area contributed by atoms with Gasteiger partial charge in [0.25, 0.3) is 0 Å². The fourth-order valence-corrected chi connectivity index (χ4v) is 7.71. The van der Waals surface area contributed by atoms with Gasteiger partial charge < -0.3 is 4.90 Å². The maximum atomic E-state index is 12.8. The molecule has 0 radical (unpaired) electrons. The summed E-state index contributed by atoms with van der Waals surface area (Å²) in [4.78, 5) is 2.17. The molecule has 0 aliphatic carbocycles. The first-order valence-electron chi connectivity index (χ1n) is 10.2. The van der Waals surface area contributed by atoms with Crippen molar-refractivity contribution in [2.75, 3.05) is 42.6 Å². The maximum Gasteiger partial charge on any atom is 0.218 e. The average molecular weight is 453 g/mol. The lowest BCUT2D eigenvalue weighted by Gasteiger charge is -2.35. The van der Waals surface area contributed by atoms with Crippen molar-refractivity contribution in [1.29, 1.82) is 0 Å². The maximum absolute atomic E-state index is 12.8. The van der Waals surface area contributed by atoms with Crippen LogP contribution in [0, 0.1) is 13.8 Å². The van der Waals surface area contributed by atoms with Crippen molar-refractivity contribution >= 4 is 25.5 Å². The van der Waals surface area contributed by atoms with Crippen molar-refractivity contribution in [3.05, 3.63) is 47.3 Å². The predicted octanol–water partition coefficient (Wildman–Crippen LogP) is 1.51. The van der Waals surface area contributed by atoms with Crippen LogP contribution in [0.4, 0.5) is 5.69 Å². The monoisotopic (exact) mass is 452 g/mol. The van der Waals surface area contributed by atoms with Gasteiger partial charge in [0.05, 0.1) is 40.4 Å². The summed E-state index contributed by atoms with van der Waals surface area (Å²) in [5, 5.41) is 4.64. The van der Waals surface area contributed by atoms with Gasteiger partial charge in [-0.25, -0.2) is 16.8 Å². The Morgan fingerprint density at radius 3 is 2.33 bits per heavy atom. The molecule has 0 spiro atoms. The summed E-state index contributed by atoms with van der Waals surface area (Å²) < 4.78 is 52.8. The molecule has 0 amide bonds. The van der Waals surface area contributed by atoms with Gasteiger partial charge in [0.1, 0.15) is 0 Å². The summed E-state index contributed by atoms with van der Waals surface area (Å²) in [6.07, 6.45) is 0.593. The molecule has 2 fully saturated rings. The molecule has 8 nitrogen and oxygen atoms in total. The normalized spacial score (nSPS) is 22.5. The Morgan fingerprint density at radius 1 is 1.07 bits per heavy atom. The summed E-state index contributed by atoms with van der Waals surface area (Å²) in [5.74, 6) is 0.364. The minimum Gasteiger partial charge on any atom is -0.366 e. The third kappa shape index (κ3) is 4.26. The third-order valence-corrected chi connectivity index (χ3v) is 9.58. The van der Waals surface area contributed by atoms with Crippen molar-refractivity contribution in [2.45, 2.75) is 32.1 Å². The van der Waals surface area contributed by atoms with Crippen LogP contribution < -0.4 is 4.90 Å². The number of hydrogen-bond donors (Lipinski definition) is 0. The molecule has 2 saturated heterocycles. The highest BCUT2D eigenvalue weighted by atomic mass is 32.2. The minimum absolute atomic E-state index is 0.0139. The van der Waals surface area contributed by atoms with E-state index in [1.165, 1.54) is 0 Å². The number of rotatable bonds is 5. The minimum atomic E-state index is -3.36. The lowest BCUT2D eigenvalue weighted by Crippen LogP contribution is -2.49. The molecule has 164 valence electrons. The fourth-order valence-electron chi connectivity index (χ4n) is 4.50. The number of anilines is 1. The van der Waals surface area contributed by atoms with Crippen LogP contribution in [0.25, 0.3) is 0 Å². The standard InChI is InChI=1S/C20H28N4O4S2/c1-16-20(17(2)24(21-16)19-8-13-29(25,26)15-19)22-9-11-23(12-10-22)30(27,28)14-18-6-4-3-5-7-18/h3-7,19H,8-15H2,1-2H3. The van der Waals surface area contributed by atoms with E-state index < -0.39 is 19.9 Å². The van der Waals surface area contributed by atoms with Crippen LogP contribution in [0.1, 0.15) is 29.4 Å². The molecule has 0 bridgehead atoms. The highest BCUT2D eigenvalue weighted by Crippen LogP contribution is 2.32. The van der Waals surface area contributed by atoms with Crippen LogP contribution >= 0.6 is 0 Å². The summed E-state index contributed by atoms with van der Waals surface area (Å²) in [6.45, 7) is 5.93. The predicted molar refractivity (Wildman–Crippen MR) is 117 cm³/mol. The van der Waals surface area contributed by atoms with Crippen LogP contribution in [0.3, 0.4) is 0 Å². The molecule has 1 unspecified atom stereocenters. The Balaban J connectivity index is 1.46. The van der Waals surface area contributed by atoms with Crippen LogP contribution in [0.5, 0.6) is 0 Å². The van der Waals surface area contributed by atoms with E-state index >= 15 is 0 Å². The second kappa shape index (κ2) is 7.97. The zero-order valence-corrected chi connectivity index (χ0v) is 19.0. The second-order valence-electron chi connectivity index (χ2n) is 8.15. The summed E-state index contributed by atoms with van der Waals surface area (Å²) in [5.41, 5.74) is 3.60. The first kappa shape index (κ1) is 21.3. The number of aromatic nitrogens is 2. The van der Waals surface area contributed by atoms with Gasteiger partial charge in [0.2, 0.25) is 10.0 Å². The zero-order chi connectivity index (χ0) is 21.5. The fraction of sp³-hybridized carbons (Fsp3) is 0.550. The molecule has 1 aromatic carbocycles. The molecule has 0 N–H and O–H groups in total. The third-order valence-electron chi connectivity index (χ3n) is 5.98. The van der Waals surface area contributed by atoms with Gasteiger partial charge in [-0.15, -0.1) is 0 Å². The summed E-state index contributed by atoms with van der Waals surface area (Å²) in [6, 6.07) is 9.12. The number of sulfone groups is 1. The molecular weight excluding hydrogens is 424 g/mol. The van der Waals surface area contributed by atoms with E-state index in [1.807, 2.05) is 48.9 Å². The van der Waals surface area contributed by atoms with Crippen LogP contribution in [0.2, 0.25) is 0 Å². The Labute approximate surface area is 178 Å². The van der Waals surface area contributed by atoms with Gasteiger partial charge in [-0.05, 0) is 25.8 Å². The largest absolute Gasteiger partial charge is 0.366 e. The quantitative estimate of drug-likeness (QED) is 0.683. The molecule has 4 rings (SSSR count). The SMILES string of the molecule is Cc1nn(C2CCS(=O)(=O)C2)c(C)c1N1CCN(S(=O)(=O)Cc2ccccc2)CC1. The lowest BCUT2D eigenvalue weighted by molar-refractivity contribution is 0.384. The number of aryl methyl sites for hydroxylation is 1. The zero-order valence-electron chi connectivity index (χ0n) is 17.4. The van der Waals surface area contributed by atoms with E-state index in [1.54, 1.807) is 4.31 Å². The number of nitrogens with zero attached hydrogens (tertiary/aromatic N) is 4. The van der Waals surface area contributed by atoms with Crippen LogP contribution in [-0.2, 0) is 25.6 Å². The van der Waals surface area contributed by atoms with Crippen molar-refractivity contribution in [3.8, 4) is 0 Å². The molecule has 2 aliphatic rings. The van der Waals surface area contributed by atoms with Crippen molar-refractivity contribution in [2.24, 2.45) is 0 Å². The Kier molecular flexibility index (Phi) is 5.67. The first-order valence-corrected chi connectivity index (χ1v) is 13.6. The Bertz CT molecular complexity index is 1120. The van der Waals surface area contributed by atoms with Crippen molar-refractivity contribution in [1.82, 2.24) is 14.1 Å². The molecule has 0 saturated carbocycles. The van der Waals surface area contributed by atoms with E-state index in [0.29, 0.717) is 32.6 Å². The van der Waals surface area contributed by atoms with Gasteiger partial charge in [0.15, 0.2) is 9.84 Å². The van der Waals surface area contributed by atoms with E-state index in [4.69, 9.17) is 0 Å². The number of benzene rings is 1. The Hall–Kier alpha value is -1.91. The van der Waals surface area contributed by atoms with Crippen LogP contribution in [0.15, 0.2) is 30.3 Å². The average Bonchev–Trinajstić information content (AvgIpc) is 3.20. The molecule has 1 atom stereocenters. The highest BCUT2D eigenvalue weighted by Gasteiger charge is 2.33. The summed E-state index contributed by atoms with van der Waals surface area (Å²) in [7, 11) is -6.35. The van der Waals surface area contributed by atoms with Crippen molar-refractivity contribution in [3.63, 3.8) is 0 Å². The first-order chi connectivity index (χ1) is 14.2. The molecule has 3 heterocycles. The molecular formula is C20H28N4O4S2. The topological polar surface area (TPSA) is 92.6 Å². The molecule has 2 aromatic rings. The molecule has 30 heavy (non-hydrogen) atoms. The van der Waals surface area contributed by atoms with Gasteiger partial charge in [0, 0.05) is 26.2 Å². The van der Waals surface area contributed by atoms with E-state index in [-0.39, 0.29) is 23.3 Å².